The normalized spacial score (nSPS) is 20.5. The molecule has 2 N–H and O–H groups in total. The lowest BCUT2D eigenvalue weighted by Gasteiger charge is -2.32. The fourth-order valence-electron chi connectivity index (χ4n) is 4.30. The van der Waals surface area contributed by atoms with Gasteiger partial charge in [-0.05, 0) is 54.7 Å². The van der Waals surface area contributed by atoms with Gasteiger partial charge in [0.15, 0.2) is 0 Å². The summed E-state index contributed by atoms with van der Waals surface area (Å²) in [5, 5.41) is 18.6. The number of rotatable bonds is 8. The van der Waals surface area contributed by atoms with Crippen LogP contribution in [0.2, 0.25) is 15.1 Å². The quantitative estimate of drug-likeness (QED) is 0.501. The number of hydrazone groups is 1. The van der Waals surface area contributed by atoms with Crippen LogP contribution in [0.1, 0.15) is 30.9 Å². The molecule has 35 heavy (non-hydrogen) atoms. The van der Waals surface area contributed by atoms with Crippen molar-refractivity contribution in [3.8, 4) is 0 Å². The molecule has 2 aliphatic heterocycles. The van der Waals surface area contributed by atoms with Crippen LogP contribution < -0.4 is 10.4 Å². The van der Waals surface area contributed by atoms with Crippen LogP contribution in [0.3, 0.4) is 0 Å². The molecule has 11 heteroatoms. The van der Waals surface area contributed by atoms with E-state index in [4.69, 9.17) is 44.6 Å². The smallest absolute Gasteiger partial charge is 0.329 e. The number of hydrogen-bond acceptors (Lipinski definition) is 6. The van der Waals surface area contributed by atoms with Crippen molar-refractivity contribution in [3.63, 3.8) is 0 Å². The highest BCUT2D eigenvalue weighted by Gasteiger charge is 2.34. The number of hydrazine groups is 1. The van der Waals surface area contributed by atoms with Crippen LogP contribution in [0.15, 0.2) is 47.6 Å². The molecule has 8 nitrogen and oxygen atoms in total. The highest BCUT2D eigenvalue weighted by atomic mass is 35.5. The van der Waals surface area contributed by atoms with Gasteiger partial charge in [0.25, 0.3) is 5.91 Å². The second-order valence-electron chi connectivity index (χ2n) is 8.56. The Hall–Kier alpha value is -2.36. The van der Waals surface area contributed by atoms with Gasteiger partial charge in [0.1, 0.15) is 12.3 Å². The van der Waals surface area contributed by atoms with Gasteiger partial charge in [-0.2, -0.15) is 5.10 Å². The van der Waals surface area contributed by atoms with Crippen molar-refractivity contribution in [1.29, 1.82) is 0 Å². The summed E-state index contributed by atoms with van der Waals surface area (Å²) in [7, 11) is 0. The third-order valence-corrected chi connectivity index (χ3v) is 6.73. The van der Waals surface area contributed by atoms with Crippen molar-refractivity contribution in [2.45, 2.75) is 25.3 Å². The van der Waals surface area contributed by atoms with Crippen molar-refractivity contribution in [3.05, 3.63) is 63.1 Å². The Labute approximate surface area is 218 Å². The number of nitrogens with one attached hydrogen (secondary N) is 1. The fourth-order valence-corrected chi connectivity index (χ4v) is 4.93. The molecule has 1 saturated heterocycles. The first-order valence-electron chi connectivity index (χ1n) is 11.2. The van der Waals surface area contributed by atoms with Gasteiger partial charge in [-0.15, -0.1) is 0 Å². The number of carbonyl (C=O) groups is 2. The summed E-state index contributed by atoms with van der Waals surface area (Å²) >= 11 is 18.6. The van der Waals surface area contributed by atoms with Gasteiger partial charge < -0.3 is 9.84 Å². The molecule has 186 valence electrons. The molecular weight excluding hydrogens is 515 g/mol. The summed E-state index contributed by atoms with van der Waals surface area (Å²) in [5.41, 5.74) is 4.92. The molecular formula is C24H25Cl3N4O4. The number of ether oxygens (including phenoxy) is 1. The van der Waals surface area contributed by atoms with Crippen LogP contribution in [-0.2, 0) is 14.3 Å². The number of carboxylic acids is 1. The molecule has 0 spiro atoms. The Balaban J connectivity index is 1.48. The van der Waals surface area contributed by atoms with Crippen molar-refractivity contribution >= 4 is 58.1 Å². The maximum Gasteiger partial charge on any atom is 0.329 e. The summed E-state index contributed by atoms with van der Waals surface area (Å²) in [6, 6.07) is 12.3. The first-order chi connectivity index (χ1) is 16.8. The molecule has 0 bridgehead atoms. The topological polar surface area (TPSA) is 94.5 Å². The van der Waals surface area contributed by atoms with Crippen molar-refractivity contribution in [1.82, 2.24) is 10.4 Å². The molecule has 2 atom stereocenters. The van der Waals surface area contributed by atoms with E-state index in [1.165, 1.54) is 0 Å². The van der Waals surface area contributed by atoms with E-state index < -0.39 is 5.97 Å². The number of aliphatic carboxylic acids is 1. The molecule has 0 aromatic heterocycles. The number of halogens is 3. The van der Waals surface area contributed by atoms with Crippen LogP contribution in [-0.4, -0.2) is 54.0 Å². The molecule has 1 fully saturated rings. The molecule has 2 aromatic rings. The van der Waals surface area contributed by atoms with Gasteiger partial charge in [0.05, 0.1) is 23.4 Å². The van der Waals surface area contributed by atoms with E-state index in [2.05, 4.69) is 10.5 Å². The van der Waals surface area contributed by atoms with Gasteiger partial charge >= 0.3 is 5.97 Å². The van der Waals surface area contributed by atoms with E-state index in [1.807, 2.05) is 17.1 Å². The van der Waals surface area contributed by atoms with Crippen LogP contribution in [0.4, 0.5) is 5.69 Å². The number of piperidine rings is 1. The largest absolute Gasteiger partial charge is 0.480 e. The van der Waals surface area contributed by atoms with Gasteiger partial charge in [-0.25, -0.2) is 9.80 Å². The summed E-state index contributed by atoms with van der Waals surface area (Å²) < 4.78 is 5.24. The maximum atomic E-state index is 13.2. The minimum atomic E-state index is -0.995. The van der Waals surface area contributed by atoms with Crippen molar-refractivity contribution in [2.75, 3.05) is 31.3 Å². The van der Waals surface area contributed by atoms with Gasteiger partial charge in [-0.1, -0.05) is 46.9 Å². The Kier molecular flexibility index (Phi) is 8.51. The summed E-state index contributed by atoms with van der Waals surface area (Å²) in [4.78, 5) is 23.9. The number of carboxylic acid groups (broad SMARTS) is 1. The van der Waals surface area contributed by atoms with E-state index in [0.717, 1.165) is 18.4 Å². The molecule has 2 aliphatic rings. The molecule has 2 aromatic carbocycles. The monoisotopic (exact) mass is 538 g/mol. The molecule has 0 aliphatic carbocycles. The molecule has 0 radical (unpaired) electrons. The van der Waals surface area contributed by atoms with E-state index in [9.17, 15) is 9.59 Å². The highest BCUT2D eigenvalue weighted by molar-refractivity contribution is 6.40. The lowest BCUT2D eigenvalue weighted by atomic mass is 10.00. The number of amides is 1. The lowest BCUT2D eigenvalue weighted by Crippen LogP contribution is -2.50. The fraction of sp³-hybridized carbons (Fsp3) is 0.375. The van der Waals surface area contributed by atoms with Crippen LogP contribution in [0.5, 0.6) is 0 Å². The highest BCUT2D eigenvalue weighted by Crippen LogP contribution is 2.39. The van der Waals surface area contributed by atoms with E-state index >= 15 is 0 Å². The van der Waals surface area contributed by atoms with E-state index in [-0.39, 0.29) is 24.5 Å². The molecule has 1 amide bonds. The first-order valence-corrected chi connectivity index (χ1v) is 12.4. The number of nitrogens with zero attached hydrogens (tertiary/aromatic N) is 3. The van der Waals surface area contributed by atoms with Crippen LogP contribution in [0.25, 0.3) is 0 Å². The predicted molar refractivity (Wildman–Crippen MR) is 136 cm³/mol. The zero-order valence-corrected chi connectivity index (χ0v) is 21.1. The van der Waals surface area contributed by atoms with Crippen LogP contribution in [0, 0.1) is 5.92 Å². The summed E-state index contributed by atoms with van der Waals surface area (Å²) in [6.07, 6.45) is 2.16. The summed E-state index contributed by atoms with van der Waals surface area (Å²) in [5.74, 6) is -1.14. The van der Waals surface area contributed by atoms with Crippen molar-refractivity contribution < 1.29 is 19.4 Å². The number of hydrogen-bond donors (Lipinski definition) is 2. The Bertz CT molecular complexity index is 1110. The summed E-state index contributed by atoms with van der Waals surface area (Å²) in [6.45, 7) is 1.28. The minimum Gasteiger partial charge on any atom is -0.480 e. The zero-order chi connectivity index (χ0) is 24.9. The number of carbonyl (C=O) groups excluding carboxylic acids is 1. The second-order valence-corrected chi connectivity index (χ2v) is 9.84. The van der Waals surface area contributed by atoms with Crippen LogP contribution >= 0.6 is 34.8 Å². The SMILES string of the molecule is O=C(O)COCC1CCCN(NC(=O)C2=NN(c3ccc(Cl)cc3Cl)C(c3ccc(Cl)cc3)C2)C1. The standard InChI is InChI=1S/C24H25Cl3N4O4/c25-17-5-3-16(4-6-17)22-11-20(28-31(22)21-8-7-18(26)10-19(21)27)24(34)29-30-9-1-2-15(12-30)13-35-14-23(32)33/h3-8,10,15,22H,1-2,9,11-14H2,(H,29,34)(H,32,33). The van der Waals surface area contributed by atoms with Gasteiger partial charge in [-0.3, -0.25) is 15.2 Å². The Morgan fingerprint density at radius 2 is 1.86 bits per heavy atom. The van der Waals surface area contributed by atoms with E-state index in [0.29, 0.717) is 52.6 Å². The van der Waals surface area contributed by atoms with Gasteiger partial charge in [0, 0.05) is 29.6 Å². The third-order valence-electron chi connectivity index (χ3n) is 5.94. The molecule has 4 rings (SSSR count). The first kappa shape index (κ1) is 25.7. The van der Waals surface area contributed by atoms with Crippen molar-refractivity contribution in [2.24, 2.45) is 11.0 Å². The average molecular weight is 540 g/mol. The van der Waals surface area contributed by atoms with Gasteiger partial charge in [0.2, 0.25) is 0 Å². The third kappa shape index (κ3) is 6.65. The second kappa shape index (κ2) is 11.6. The van der Waals surface area contributed by atoms with E-state index in [1.54, 1.807) is 35.3 Å². The molecule has 0 saturated carbocycles. The molecule has 2 heterocycles. The zero-order valence-electron chi connectivity index (χ0n) is 18.8. The average Bonchev–Trinajstić information content (AvgIpc) is 3.25. The predicted octanol–water partition coefficient (Wildman–Crippen LogP) is 4.80. The Morgan fingerprint density at radius 3 is 2.57 bits per heavy atom. The number of anilines is 1. The maximum absolute atomic E-state index is 13.2. The lowest BCUT2D eigenvalue weighted by molar-refractivity contribution is -0.142. The Morgan fingerprint density at radius 1 is 1.11 bits per heavy atom. The molecule has 2 unspecified atom stereocenters. The number of benzene rings is 2. The minimum absolute atomic E-state index is 0.139.